The Morgan fingerprint density at radius 3 is 0.955 bits per heavy atom. The summed E-state index contributed by atoms with van der Waals surface area (Å²) in [5.74, 6) is 0.635. The van der Waals surface area contributed by atoms with Gasteiger partial charge in [-0.3, -0.25) is 19.9 Å². The van der Waals surface area contributed by atoms with Crippen LogP contribution in [-0.4, -0.2) is 29.3 Å². The van der Waals surface area contributed by atoms with Crippen molar-refractivity contribution in [3.05, 3.63) is 244 Å². The second kappa shape index (κ2) is 18.7. The summed E-state index contributed by atoms with van der Waals surface area (Å²) in [5, 5.41) is 0.797. The number of hydrogen-bond acceptors (Lipinski definition) is 9. The van der Waals surface area contributed by atoms with Crippen molar-refractivity contribution in [2.75, 3.05) is 9.80 Å². The van der Waals surface area contributed by atoms with Crippen LogP contribution in [0.25, 0.3) is 66.5 Å². The molecule has 11 aromatic rings. The third-order valence-corrected chi connectivity index (χ3v) is 12.3. The molecule has 318 valence electrons. The van der Waals surface area contributed by atoms with Crippen molar-refractivity contribution >= 4 is 45.7 Å². The number of aromatic nitrogens is 6. The van der Waals surface area contributed by atoms with E-state index in [2.05, 4.69) is 131 Å². The van der Waals surface area contributed by atoms with E-state index < -0.39 is 0 Å². The summed E-state index contributed by atoms with van der Waals surface area (Å²) < 4.78 is 4.95. The average molecular weight is 881 g/mol. The van der Waals surface area contributed by atoms with Crippen molar-refractivity contribution in [2.45, 2.75) is 0 Å². The molecule has 5 aromatic heterocycles. The van der Waals surface area contributed by atoms with Crippen molar-refractivity contribution in [1.82, 2.24) is 29.3 Å². The summed E-state index contributed by atoms with van der Waals surface area (Å²) >= 11 is 1.38. The van der Waals surface area contributed by atoms with Gasteiger partial charge in [0.1, 0.15) is 5.01 Å². The quantitative estimate of drug-likeness (QED) is 0.120. The number of pyridine rings is 4. The van der Waals surface area contributed by atoms with E-state index in [1.165, 1.54) is 11.5 Å². The van der Waals surface area contributed by atoms with Crippen molar-refractivity contribution in [3.8, 4) is 66.5 Å². The fourth-order valence-electron chi connectivity index (χ4n) is 8.27. The van der Waals surface area contributed by atoms with Crippen molar-refractivity contribution in [1.29, 1.82) is 0 Å². The number of benzene rings is 6. The number of rotatable bonds is 12. The lowest BCUT2D eigenvalue weighted by Crippen LogP contribution is -2.11. The lowest BCUT2D eigenvalue weighted by Gasteiger charge is -2.26. The van der Waals surface area contributed by atoms with Gasteiger partial charge < -0.3 is 9.80 Å². The Kier molecular flexibility index (Phi) is 11.4. The Morgan fingerprint density at radius 2 is 0.582 bits per heavy atom. The highest BCUT2D eigenvalue weighted by Gasteiger charge is 2.20. The topological polar surface area (TPSA) is 83.8 Å². The number of hydrogen-bond donors (Lipinski definition) is 0. The largest absolute Gasteiger partial charge is 0.307 e. The van der Waals surface area contributed by atoms with Gasteiger partial charge in [-0.05, 0) is 82.3 Å². The molecule has 0 spiro atoms. The summed E-state index contributed by atoms with van der Waals surface area (Å²) in [4.78, 5) is 28.5. The normalized spacial score (nSPS) is 11.0. The van der Waals surface area contributed by atoms with Gasteiger partial charge in [0.25, 0.3) is 0 Å². The molecular weight excluding hydrogens is 841 g/mol. The first kappa shape index (κ1) is 40.8. The molecule has 8 nitrogen and oxygen atoms in total. The van der Waals surface area contributed by atoms with Crippen LogP contribution in [0.4, 0.5) is 34.1 Å². The van der Waals surface area contributed by atoms with Gasteiger partial charge >= 0.3 is 0 Å². The monoisotopic (exact) mass is 880 g/mol. The lowest BCUT2D eigenvalue weighted by atomic mass is 10.1. The van der Waals surface area contributed by atoms with Crippen LogP contribution >= 0.6 is 11.5 Å². The van der Waals surface area contributed by atoms with Crippen LogP contribution < -0.4 is 9.80 Å². The molecule has 0 N–H and O–H groups in total. The number of anilines is 6. The van der Waals surface area contributed by atoms with E-state index in [1.54, 1.807) is 0 Å². The molecule has 0 atom stereocenters. The minimum Gasteiger partial charge on any atom is -0.307 e. The molecule has 0 aliphatic rings. The van der Waals surface area contributed by atoms with Crippen LogP contribution in [0, 0.1) is 0 Å². The van der Waals surface area contributed by atoms with Gasteiger partial charge in [0.05, 0.1) is 47.5 Å². The highest BCUT2D eigenvalue weighted by Crippen LogP contribution is 2.41. The van der Waals surface area contributed by atoms with Crippen molar-refractivity contribution in [2.24, 2.45) is 0 Å². The van der Waals surface area contributed by atoms with E-state index in [0.717, 1.165) is 94.8 Å². The molecule has 0 unspecified atom stereocenters. The minimum atomic E-state index is 0.635. The molecule has 6 aromatic carbocycles. The summed E-state index contributed by atoms with van der Waals surface area (Å²) in [6.07, 6.45) is 15.2. The first-order chi connectivity index (χ1) is 33.2. The van der Waals surface area contributed by atoms with E-state index in [-0.39, 0.29) is 0 Å². The molecule has 0 bridgehead atoms. The lowest BCUT2D eigenvalue weighted by molar-refractivity contribution is 1.20. The van der Waals surface area contributed by atoms with E-state index in [0.29, 0.717) is 5.82 Å². The molecule has 5 heterocycles. The first-order valence-electron chi connectivity index (χ1n) is 21.9. The van der Waals surface area contributed by atoms with E-state index >= 15 is 0 Å². The van der Waals surface area contributed by atoms with Crippen LogP contribution in [0.5, 0.6) is 0 Å². The van der Waals surface area contributed by atoms with Crippen LogP contribution in [0.15, 0.2) is 244 Å². The molecule has 0 amide bonds. The summed E-state index contributed by atoms with van der Waals surface area (Å²) in [7, 11) is 0. The third-order valence-electron chi connectivity index (χ3n) is 11.5. The van der Waals surface area contributed by atoms with E-state index in [1.807, 2.05) is 122 Å². The van der Waals surface area contributed by atoms with Gasteiger partial charge in [-0.2, -0.15) is 4.37 Å². The summed E-state index contributed by atoms with van der Waals surface area (Å²) in [5.41, 5.74) is 15.7. The highest BCUT2D eigenvalue weighted by atomic mass is 32.1. The molecule has 67 heavy (non-hydrogen) atoms. The Hall–Kier alpha value is -8.92. The van der Waals surface area contributed by atoms with E-state index in [4.69, 9.17) is 29.3 Å². The van der Waals surface area contributed by atoms with E-state index in [9.17, 15) is 0 Å². The second-order valence-electron chi connectivity index (χ2n) is 15.9. The van der Waals surface area contributed by atoms with Gasteiger partial charge in [-0.25, -0.2) is 4.98 Å². The van der Waals surface area contributed by atoms with Crippen molar-refractivity contribution in [3.63, 3.8) is 0 Å². The summed E-state index contributed by atoms with van der Waals surface area (Å²) in [6, 6.07) is 66.7. The molecule has 0 aliphatic carbocycles. The predicted octanol–water partition coefficient (Wildman–Crippen LogP) is 15.1. The molecule has 9 heteroatoms. The zero-order valence-corrected chi connectivity index (χ0v) is 36.9. The van der Waals surface area contributed by atoms with Crippen molar-refractivity contribution < 1.29 is 0 Å². The minimum absolute atomic E-state index is 0.635. The van der Waals surface area contributed by atoms with Crippen LogP contribution in [0.2, 0.25) is 0 Å². The summed E-state index contributed by atoms with van der Waals surface area (Å²) in [6.45, 7) is 0. The Labute approximate surface area is 393 Å². The molecule has 0 aliphatic heterocycles. The van der Waals surface area contributed by atoms with Gasteiger partial charge in [-0.15, -0.1) is 0 Å². The van der Waals surface area contributed by atoms with Gasteiger partial charge in [0.15, 0.2) is 5.82 Å². The zero-order valence-electron chi connectivity index (χ0n) is 36.1. The average Bonchev–Trinajstić information content (AvgIpc) is 3.92. The maximum Gasteiger partial charge on any atom is 0.173 e. The van der Waals surface area contributed by atoms with Crippen LogP contribution in [0.1, 0.15) is 0 Å². The Bertz CT molecular complexity index is 3040. The maximum atomic E-state index is 5.18. The third kappa shape index (κ3) is 8.83. The Morgan fingerprint density at radius 1 is 0.269 bits per heavy atom. The fraction of sp³-hybridized carbons (Fsp3) is 0. The van der Waals surface area contributed by atoms with Crippen LogP contribution in [0.3, 0.4) is 0 Å². The molecule has 0 fully saturated rings. The predicted molar refractivity (Wildman–Crippen MR) is 273 cm³/mol. The molecule has 0 saturated carbocycles. The maximum absolute atomic E-state index is 5.18. The fourth-order valence-corrected chi connectivity index (χ4v) is 8.95. The van der Waals surface area contributed by atoms with Crippen LogP contribution in [-0.2, 0) is 0 Å². The zero-order chi connectivity index (χ0) is 44.8. The molecular formula is C58H40N8S. The standard InChI is InChI=1S/C58H40N8S/c1-5-15-41(16-6-1)47-29-53(37-59-33-47)65(54-30-48(34-60-38-54)42-17-7-2-8-18-42)51-25-13-23-45(27-51)57-63-58(67-64-57)46-24-14-26-52(28-46)66(55-31-49(35-61-39-55)43-19-9-3-10-20-43)56-32-50(36-62-40-56)44-21-11-4-12-22-44/h1-40H. The number of nitrogens with zero attached hydrogens (tertiary/aromatic N) is 8. The first-order valence-corrected chi connectivity index (χ1v) is 22.6. The smallest absolute Gasteiger partial charge is 0.173 e. The Balaban J connectivity index is 0.966. The molecule has 11 rings (SSSR count). The van der Waals surface area contributed by atoms with Gasteiger partial charge in [0.2, 0.25) is 0 Å². The van der Waals surface area contributed by atoms with Gasteiger partial charge in [-0.1, -0.05) is 146 Å². The SMILES string of the molecule is c1ccc(-c2cncc(N(c3cncc(-c4ccccc4)c3)c3cccc(-c4nsc(-c5cccc(N(c6cncc(-c7ccccc7)c6)c6cncc(-c7ccccc7)c6)c5)n4)c3)c2)cc1. The molecule has 0 radical (unpaired) electrons. The van der Waals surface area contributed by atoms with Gasteiger partial charge in [0, 0.05) is 69.5 Å². The second-order valence-corrected chi connectivity index (χ2v) is 16.6. The molecule has 0 saturated heterocycles. The highest BCUT2D eigenvalue weighted by molar-refractivity contribution is 7.09.